The molecule has 0 radical (unpaired) electrons. The molecule has 0 saturated heterocycles. The predicted molar refractivity (Wildman–Crippen MR) is 66.0 cm³/mol. The normalized spacial score (nSPS) is 14.8. The Hall–Kier alpha value is -1.77. The van der Waals surface area contributed by atoms with E-state index in [0.717, 1.165) is 42.6 Å². The van der Waals surface area contributed by atoms with Crippen LogP contribution in [0, 0.1) is 0 Å². The zero-order valence-electron chi connectivity index (χ0n) is 9.90. The predicted octanol–water partition coefficient (Wildman–Crippen LogP) is 3.11. The van der Waals surface area contributed by atoms with Gasteiger partial charge in [0, 0.05) is 0 Å². The Bertz CT molecular complexity index is 435. The second kappa shape index (κ2) is 5.04. The van der Waals surface area contributed by atoms with E-state index in [4.69, 9.17) is 4.74 Å². The number of benzene rings is 1. The summed E-state index contributed by atoms with van der Waals surface area (Å²) in [7, 11) is 1.60. The molecule has 0 bridgehead atoms. The van der Waals surface area contributed by atoms with E-state index in [2.05, 4.69) is 0 Å². The van der Waals surface area contributed by atoms with Gasteiger partial charge in [-0.15, -0.1) is 0 Å². The molecule has 17 heavy (non-hydrogen) atoms. The Morgan fingerprint density at radius 2 is 1.76 bits per heavy atom. The van der Waals surface area contributed by atoms with E-state index in [1.807, 2.05) is 12.1 Å². The van der Waals surface area contributed by atoms with Gasteiger partial charge in [-0.05, 0) is 43.4 Å². The second-order valence-electron chi connectivity index (χ2n) is 4.22. The minimum Gasteiger partial charge on any atom is -0.497 e. The SMILES string of the molecule is COc1ccc(C(C(=O)O)=C2CCCC2)cc1. The summed E-state index contributed by atoms with van der Waals surface area (Å²) in [5.74, 6) is -0.0815. The van der Waals surface area contributed by atoms with Gasteiger partial charge in [-0.2, -0.15) is 0 Å². The number of carboxylic acids is 1. The zero-order chi connectivity index (χ0) is 12.3. The van der Waals surface area contributed by atoms with Gasteiger partial charge < -0.3 is 9.84 Å². The first kappa shape index (κ1) is 11.7. The lowest BCUT2D eigenvalue weighted by Crippen LogP contribution is -2.02. The molecule has 2 rings (SSSR count). The third-order valence-corrected chi connectivity index (χ3v) is 3.15. The number of carbonyl (C=O) groups is 1. The van der Waals surface area contributed by atoms with E-state index in [1.165, 1.54) is 0 Å². The quantitative estimate of drug-likeness (QED) is 0.814. The Labute approximate surface area is 101 Å². The Balaban J connectivity index is 2.39. The third kappa shape index (κ3) is 2.49. The van der Waals surface area contributed by atoms with E-state index < -0.39 is 5.97 Å². The van der Waals surface area contributed by atoms with Crippen molar-refractivity contribution in [3.05, 3.63) is 35.4 Å². The number of hydrogen-bond donors (Lipinski definition) is 1. The molecule has 0 aliphatic heterocycles. The van der Waals surface area contributed by atoms with Crippen LogP contribution >= 0.6 is 0 Å². The van der Waals surface area contributed by atoms with Crippen LogP contribution < -0.4 is 4.74 Å². The summed E-state index contributed by atoms with van der Waals surface area (Å²) in [6.07, 6.45) is 4.02. The average molecular weight is 232 g/mol. The van der Waals surface area contributed by atoms with Gasteiger partial charge in [-0.1, -0.05) is 17.7 Å². The molecule has 90 valence electrons. The molecule has 1 aliphatic carbocycles. The molecule has 1 saturated carbocycles. The van der Waals surface area contributed by atoms with Gasteiger partial charge in [0.25, 0.3) is 0 Å². The van der Waals surface area contributed by atoms with Crippen molar-refractivity contribution in [1.29, 1.82) is 0 Å². The smallest absolute Gasteiger partial charge is 0.336 e. The number of carboxylic acid groups (broad SMARTS) is 1. The number of ether oxygens (including phenoxy) is 1. The van der Waals surface area contributed by atoms with Gasteiger partial charge in [-0.25, -0.2) is 4.79 Å². The highest BCUT2D eigenvalue weighted by atomic mass is 16.5. The number of methoxy groups -OCH3 is 1. The van der Waals surface area contributed by atoms with E-state index in [-0.39, 0.29) is 0 Å². The van der Waals surface area contributed by atoms with Crippen LogP contribution in [0.1, 0.15) is 31.2 Å². The molecule has 0 spiro atoms. The van der Waals surface area contributed by atoms with Crippen LogP contribution in [0.3, 0.4) is 0 Å². The van der Waals surface area contributed by atoms with Crippen LogP contribution in [0.2, 0.25) is 0 Å². The fourth-order valence-corrected chi connectivity index (χ4v) is 2.29. The molecule has 1 N–H and O–H groups in total. The van der Waals surface area contributed by atoms with Gasteiger partial charge in [0.2, 0.25) is 0 Å². The van der Waals surface area contributed by atoms with Gasteiger partial charge in [0.15, 0.2) is 0 Å². The summed E-state index contributed by atoms with van der Waals surface area (Å²) in [4.78, 5) is 11.4. The maximum absolute atomic E-state index is 11.4. The second-order valence-corrected chi connectivity index (χ2v) is 4.22. The van der Waals surface area contributed by atoms with Crippen LogP contribution in [0.5, 0.6) is 5.75 Å². The number of hydrogen-bond acceptors (Lipinski definition) is 2. The summed E-state index contributed by atoms with van der Waals surface area (Å²) in [6.45, 7) is 0. The van der Waals surface area contributed by atoms with Crippen molar-refractivity contribution in [3.8, 4) is 5.75 Å². The molecule has 1 aliphatic rings. The lowest BCUT2D eigenvalue weighted by molar-refractivity contribution is -0.130. The van der Waals surface area contributed by atoms with Gasteiger partial charge in [-0.3, -0.25) is 0 Å². The lowest BCUT2D eigenvalue weighted by Gasteiger charge is -2.08. The minimum absolute atomic E-state index is 0.477. The molecule has 1 aromatic carbocycles. The molecule has 1 aromatic rings. The lowest BCUT2D eigenvalue weighted by atomic mass is 9.99. The third-order valence-electron chi connectivity index (χ3n) is 3.15. The van der Waals surface area contributed by atoms with Crippen LogP contribution in [-0.4, -0.2) is 18.2 Å². The molecule has 0 amide bonds. The molecule has 3 nitrogen and oxygen atoms in total. The fraction of sp³-hybridized carbons (Fsp3) is 0.357. The molecule has 0 unspecified atom stereocenters. The highest BCUT2D eigenvalue weighted by Gasteiger charge is 2.19. The molecule has 0 heterocycles. The summed E-state index contributed by atoms with van der Waals surface area (Å²) >= 11 is 0. The average Bonchev–Trinajstić information content (AvgIpc) is 2.83. The van der Waals surface area contributed by atoms with Crippen molar-refractivity contribution in [3.63, 3.8) is 0 Å². The first-order valence-electron chi connectivity index (χ1n) is 5.82. The summed E-state index contributed by atoms with van der Waals surface area (Å²) in [6, 6.07) is 7.22. The van der Waals surface area contributed by atoms with Gasteiger partial charge in [0.1, 0.15) is 5.75 Å². The summed E-state index contributed by atoms with van der Waals surface area (Å²) in [5.41, 5.74) is 2.32. The van der Waals surface area contributed by atoms with E-state index >= 15 is 0 Å². The maximum atomic E-state index is 11.4. The standard InChI is InChI=1S/C14H16O3/c1-17-12-8-6-11(7-9-12)13(14(15)16)10-4-2-3-5-10/h6-9H,2-5H2,1H3,(H,15,16). The molecule has 0 aromatic heterocycles. The largest absolute Gasteiger partial charge is 0.497 e. The van der Waals surface area contributed by atoms with E-state index in [0.29, 0.717) is 5.57 Å². The molecular weight excluding hydrogens is 216 g/mol. The Morgan fingerprint density at radius 1 is 1.18 bits per heavy atom. The number of allylic oxidation sites excluding steroid dienone is 1. The van der Waals surface area contributed by atoms with Crippen LogP contribution in [0.25, 0.3) is 5.57 Å². The van der Waals surface area contributed by atoms with Crippen LogP contribution in [0.4, 0.5) is 0 Å². The number of aliphatic carboxylic acids is 1. The number of rotatable bonds is 3. The van der Waals surface area contributed by atoms with E-state index in [9.17, 15) is 9.90 Å². The van der Waals surface area contributed by atoms with Crippen molar-refractivity contribution in [2.75, 3.05) is 7.11 Å². The van der Waals surface area contributed by atoms with Crippen molar-refractivity contribution >= 4 is 11.5 Å². The first-order chi connectivity index (χ1) is 8.22. The highest BCUT2D eigenvalue weighted by Crippen LogP contribution is 2.32. The van der Waals surface area contributed by atoms with Crippen molar-refractivity contribution < 1.29 is 14.6 Å². The molecule has 0 atom stereocenters. The summed E-state index contributed by atoms with van der Waals surface area (Å²) in [5, 5.41) is 9.32. The van der Waals surface area contributed by atoms with Crippen molar-refractivity contribution in [1.82, 2.24) is 0 Å². The van der Waals surface area contributed by atoms with Gasteiger partial charge in [0.05, 0.1) is 12.7 Å². The van der Waals surface area contributed by atoms with Crippen molar-refractivity contribution in [2.45, 2.75) is 25.7 Å². The van der Waals surface area contributed by atoms with Crippen LogP contribution in [0.15, 0.2) is 29.8 Å². The zero-order valence-corrected chi connectivity index (χ0v) is 9.90. The maximum Gasteiger partial charge on any atom is 0.336 e. The fourth-order valence-electron chi connectivity index (χ4n) is 2.29. The van der Waals surface area contributed by atoms with Crippen LogP contribution in [-0.2, 0) is 4.79 Å². The van der Waals surface area contributed by atoms with E-state index in [1.54, 1.807) is 19.2 Å². The Kier molecular flexibility index (Phi) is 3.47. The minimum atomic E-state index is -0.827. The first-order valence-corrected chi connectivity index (χ1v) is 5.82. The monoisotopic (exact) mass is 232 g/mol. The topological polar surface area (TPSA) is 46.5 Å². The Morgan fingerprint density at radius 3 is 2.24 bits per heavy atom. The summed E-state index contributed by atoms with van der Waals surface area (Å²) < 4.78 is 5.07. The highest BCUT2D eigenvalue weighted by molar-refractivity contribution is 6.16. The molecule has 1 fully saturated rings. The van der Waals surface area contributed by atoms with Crippen molar-refractivity contribution in [2.24, 2.45) is 0 Å². The molecular formula is C14H16O3. The van der Waals surface area contributed by atoms with Gasteiger partial charge >= 0.3 is 5.97 Å². The molecule has 3 heteroatoms.